The molecule has 3 aliphatic rings. The summed E-state index contributed by atoms with van der Waals surface area (Å²) < 4.78 is 39.1. The number of morpholine rings is 1. The summed E-state index contributed by atoms with van der Waals surface area (Å²) in [4.78, 5) is 53.5. The first-order valence-electron chi connectivity index (χ1n) is 14.8. The monoisotopic (exact) mass is 616 g/mol. The van der Waals surface area contributed by atoms with Gasteiger partial charge in [0.05, 0.1) is 31.4 Å². The van der Waals surface area contributed by atoms with Crippen molar-refractivity contribution in [2.45, 2.75) is 32.2 Å². The Balaban J connectivity index is 1.23. The standard InChI is InChI=1S/C28H38F2N10O4/c1-3-21(41)37-6-4-19(5-7-37)16-44-17-22(42)38-8-10-39(11-9-38)27-34-25(20-14-32-26(31)33-23(20)24(29)30)35-28(36-27)40-12-13-43-15-18(40)2/h3,14,18-19,24H,1,4-13,15-17H2,2H3,(H2,31,32,33)/t18-/m0/s1. The van der Waals surface area contributed by atoms with E-state index in [0.717, 1.165) is 12.8 Å². The van der Waals surface area contributed by atoms with Crippen molar-refractivity contribution in [3.8, 4) is 11.4 Å². The Hall–Kier alpha value is -4.05. The Kier molecular flexibility index (Phi) is 10.1. The Morgan fingerprint density at radius 1 is 1.07 bits per heavy atom. The minimum absolute atomic E-state index is 0.0191. The predicted octanol–water partition coefficient (Wildman–Crippen LogP) is 1.16. The number of ether oxygens (including phenoxy) is 2. The molecule has 0 unspecified atom stereocenters. The van der Waals surface area contributed by atoms with Gasteiger partial charge in [0.15, 0.2) is 5.82 Å². The number of likely N-dealkylation sites (tertiary alicyclic amines) is 1. The Morgan fingerprint density at radius 3 is 2.48 bits per heavy atom. The highest BCUT2D eigenvalue weighted by molar-refractivity contribution is 5.87. The maximum absolute atomic E-state index is 13.9. The third-order valence-corrected chi connectivity index (χ3v) is 8.12. The number of piperidine rings is 1. The highest BCUT2D eigenvalue weighted by Gasteiger charge is 2.29. The molecule has 0 spiro atoms. The zero-order valence-electron chi connectivity index (χ0n) is 24.8. The zero-order chi connectivity index (χ0) is 31.2. The topological polar surface area (TPSA) is 156 Å². The van der Waals surface area contributed by atoms with Crippen molar-refractivity contribution in [3.63, 3.8) is 0 Å². The smallest absolute Gasteiger partial charge is 0.281 e. The highest BCUT2D eigenvalue weighted by atomic mass is 19.3. The van der Waals surface area contributed by atoms with Gasteiger partial charge in [0, 0.05) is 52.0 Å². The van der Waals surface area contributed by atoms with Crippen molar-refractivity contribution < 1.29 is 27.8 Å². The molecule has 0 aliphatic carbocycles. The van der Waals surface area contributed by atoms with Crippen LogP contribution < -0.4 is 15.5 Å². The first kappa shape index (κ1) is 31.4. The summed E-state index contributed by atoms with van der Waals surface area (Å²) in [5, 5.41) is 0. The maximum Gasteiger partial charge on any atom is 0.281 e. The number of piperazine rings is 1. The molecule has 0 aromatic carbocycles. The molecule has 3 saturated heterocycles. The number of nitrogens with zero attached hydrogens (tertiary/aromatic N) is 9. The van der Waals surface area contributed by atoms with E-state index in [-0.39, 0.29) is 41.8 Å². The van der Waals surface area contributed by atoms with Crippen LogP contribution in [0.4, 0.5) is 26.6 Å². The van der Waals surface area contributed by atoms with E-state index in [1.165, 1.54) is 12.3 Å². The van der Waals surface area contributed by atoms with Gasteiger partial charge in [-0.1, -0.05) is 6.58 Å². The second-order valence-corrected chi connectivity index (χ2v) is 11.1. The fraction of sp³-hybridized carbons (Fsp3) is 0.607. The molecule has 2 amide bonds. The van der Waals surface area contributed by atoms with Crippen molar-refractivity contribution in [3.05, 3.63) is 24.5 Å². The molecule has 2 aromatic rings. The molecule has 5 rings (SSSR count). The number of amides is 2. The molecule has 44 heavy (non-hydrogen) atoms. The predicted molar refractivity (Wildman–Crippen MR) is 157 cm³/mol. The molecule has 0 bridgehead atoms. The molecule has 3 aliphatic heterocycles. The van der Waals surface area contributed by atoms with Crippen LogP contribution in [0.5, 0.6) is 0 Å². The van der Waals surface area contributed by atoms with E-state index in [4.69, 9.17) is 20.2 Å². The van der Waals surface area contributed by atoms with Crippen LogP contribution in [0.15, 0.2) is 18.9 Å². The van der Waals surface area contributed by atoms with Crippen molar-refractivity contribution in [1.82, 2.24) is 34.7 Å². The number of carbonyl (C=O) groups excluding carboxylic acids is 2. The average Bonchev–Trinajstić information content (AvgIpc) is 3.04. The number of carbonyl (C=O) groups is 2. The third-order valence-electron chi connectivity index (χ3n) is 8.12. The summed E-state index contributed by atoms with van der Waals surface area (Å²) in [5.41, 5.74) is 5.01. The van der Waals surface area contributed by atoms with Crippen molar-refractivity contribution in [2.24, 2.45) is 5.92 Å². The van der Waals surface area contributed by atoms with Crippen molar-refractivity contribution in [2.75, 3.05) is 87.8 Å². The van der Waals surface area contributed by atoms with Crippen LogP contribution in [0, 0.1) is 5.92 Å². The van der Waals surface area contributed by atoms with Gasteiger partial charge in [-0.25, -0.2) is 18.7 Å². The number of hydrogen-bond acceptors (Lipinski definition) is 12. The number of nitrogen functional groups attached to an aromatic ring is 1. The van der Waals surface area contributed by atoms with Crippen molar-refractivity contribution in [1.29, 1.82) is 0 Å². The van der Waals surface area contributed by atoms with Gasteiger partial charge >= 0.3 is 0 Å². The van der Waals surface area contributed by atoms with Crippen LogP contribution in [-0.2, 0) is 19.1 Å². The normalized spacial score (nSPS) is 19.9. The van der Waals surface area contributed by atoms with Crippen LogP contribution in [0.1, 0.15) is 31.9 Å². The van der Waals surface area contributed by atoms with Gasteiger partial charge in [0.25, 0.3) is 6.43 Å². The fourth-order valence-electron chi connectivity index (χ4n) is 5.53. The lowest BCUT2D eigenvalue weighted by Crippen LogP contribution is -2.50. The van der Waals surface area contributed by atoms with E-state index >= 15 is 0 Å². The van der Waals surface area contributed by atoms with E-state index in [0.29, 0.717) is 83.4 Å². The molecule has 14 nitrogen and oxygen atoms in total. The first-order valence-corrected chi connectivity index (χ1v) is 14.8. The third kappa shape index (κ3) is 7.35. The minimum atomic E-state index is -2.91. The molecule has 0 saturated carbocycles. The van der Waals surface area contributed by atoms with Gasteiger partial charge in [-0.2, -0.15) is 15.0 Å². The summed E-state index contributed by atoms with van der Waals surface area (Å²) >= 11 is 0. The molecule has 1 atom stereocenters. The number of aromatic nitrogens is 5. The average molecular weight is 617 g/mol. The van der Waals surface area contributed by atoms with Gasteiger partial charge in [-0.3, -0.25) is 9.59 Å². The van der Waals surface area contributed by atoms with Crippen LogP contribution in [-0.4, -0.2) is 125 Å². The Bertz CT molecular complexity index is 1340. The van der Waals surface area contributed by atoms with Gasteiger partial charge in [-0.05, 0) is 31.8 Å². The number of rotatable bonds is 9. The Morgan fingerprint density at radius 2 is 1.80 bits per heavy atom. The quantitative estimate of drug-likeness (QED) is 0.402. The van der Waals surface area contributed by atoms with Crippen LogP contribution >= 0.6 is 0 Å². The molecule has 2 aromatic heterocycles. The first-order chi connectivity index (χ1) is 21.2. The summed E-state index contributed by atoms with van der Waals surface area (Å²) in [5.74, 6) is 0.530. The maximum atomic E-state index is 13.9. The van der Waals surface area contributed by atoms with Crippen molar-refractivity contribution >= 4 is 29.7 Å². The molecule has 3 fully saturated rings. The number of anilines is 3. The lowest BCUT2D eigenvalue weighted by Gasteiger charge is -2.36. The number of alkyl halides is 2. The van der Waals surface area contributed by atoms with Crippen LogP contribution in [0.3, 0.4) is 0 Å². The largest absolute Gasteiger partial charge is 0.377 e. The number of halogens is 2. The zero-order valence-corrected chi connectivity index (χ0v) is 24.8. The lowest BCUT2D eigenvalue weighted by atomic mass is 9.98. The molecule has 16 heteroatoms. The summed E-state index contributed by atoms with van der Waals surface area (Å²) in [6, 6.07) is -0.0410. The van der Waals surface area contributed by atoms with E-state index in [2.05, 4.69) is 26.5 Å². The van der Waals surface area contributed by atoms with E-state index in [9.17, 15) is 18.4 Å². The fourth-order valence-corrected chi connectivity index (χ4v) is 5.53. The summed E-state index contributed by atoms with van der Waals surface area (Å²) in [6.07, 6.45) is 1.28. The highest BCUT2D eigenvalue weighted by Crippen LogP contribution is 2.30. The molecule has 238 valence electrons. The second kappa shape index (κ2) is 14.2. The molecule has 0 radical (unpaired) electrons. The number of hydrogen-bond donors (Lipinski definition) is 1. The Labute approximate surface area is 254 Å². The van der Waals surface area contributed by atoms with Gasteiger partial charge in [-0.15, -0.1) is 0 Å². The molecule has 5 heterocycles. The van der Waals surface area contributed by atoms with Gasteiger partial charge in [0.2, 0.25) is 29.7 Å². The minimum Gasteiger partial charge on any atom is -0.377 e. The van der Waals surface area contributed by atoms with Crippen LogP contribution in [0.25, 0.3) is 11.4 Å². The molecular weight excluding hydrogens is 578 g/mol. The SMILES string of the molecule is C=CC(=O)N1CCC(COCC(=O)N2CCN(c3nc(-c4cnc(N)nc4C(F)F)nc(N4CCOC[C@@H]4C)n3)CC2)CC1. The lowest BCUT2D eigenvalue weighted by molar-refractivity contribution is -0.137. The molecule has 2 N–H and O–H groups in total. The van der Waals surface area contributed by atoms with E-state index in [1.54, 1.807) is 9.80 Å². The van der Waals surface area contributed by atoms with Gasteiger partial charge in [0.1, 0.15) is 12.3 Å². The second-order valence-electron chi connectivity index (χ2n) is 11.1. The van der Waals surface area contributed by atoms with E-state index in [1.807, 2.05) is 16.7 Å². The summed E-state index contributed by atoms with van der Waals surface area (Å²) in [7, 11) is 0. The molecular formula is C28H38F2N10O4. The van der Waals surface area contributed by atoms with Gasteiger partial charge < -0.3 is 34.8 Å². The van der Waals surface area contributed by atoms with Crippen LogP contribution in [0.2, 0.25) is 0 Å². The summed E-state index contributed by atoms with van der Waals surface area (Å²) in [6.45, 7) is 10.5. The number of nitrogens with two attached hydrogens (primary N) is 1. The van der Waals surface area contributed by atoms with E-state index < -0.39 is 12.1 Å².